The van der Waals surface area contributed by atoms with Gasteiger partial charge in [-0.15, -0.1) is 0 Å². The van der Waals surface area contributed by atoms with Crippen LogP contribution in [0.1, 0.15) is 12.5 Å². The van der Waals surface area contributed by atoms with Crippen LogP contribution in [-0.2, 0) is 6.42 Å². The smallest absolute Gasteiger partial charge is 0.123 e. The zero-order valence-corrected chi connectivity index (χ0v) is 11.6. The molecule has 1 saturated heterocycles. The van der Waals surface area contributed by atoms with Gasteiger partial charge in [0.1, 0.15) is 5.82 Å². The monoisotopic (exact) mass is 271 g/mol. The maximum atomic E-state index is 12.8. The molecule has 94 valence electrons. The van der Waals surface area contributed by atoms with E-state index in [2.05, 4.69) is 6.92 Å². The van der Waals surface area contributed by atoms with Crippen LogP contribution in [0.5, 0.6) is 0 Å². The van der Waals surface area contributed by atoms with Gasteiger partial charge in [0.25, 0.3) is 0 Å². The van der Waals surface area contributed by atoms with Gasteiger partial charge in [0.05, 0.1) is 0 Å². The molecule has 1 nitrogen and oxygen atoms in total. The molecular weight excluding hydrogens is 253 g/mol. The van der Waals surface area contributed by atoms with Gasteiger partial charge in [0.15, 0.2) is 0 Å². The zero-order chi connectivity index (χ0) is 12.3. The lowest BCUT2D eigenvalue weighted by molar-refractivity contribution is 0.613. The maximum absolute atomic E-state index is 12.8. The van der Waals surface area contributed by atoms with Gasteiger partial charge in [0.2, 0.25) is 0 Å². The van der Waals surface area contributed by atoms with Crippen LogP contribution < -0.4 is 5.73 Å². The molecule has 1 aliphatic rings. The zero-order valence-electron chi connectivity index (χ0n) is 9.93. The Bertz CT molecular complexity index is 355. The summed E-state index contributed by atoms with van der Waals surface area (Å²) in [6.45, 7) is 2.26. The first-order valence-electron chi connectivity index (χ1n) is 5.90. The number of rotatable bonds is 3. The van der Waals surface area contributed by atoms with Gasteiger partial charge in [-0.2, -0.15) is 23.5 Å². The van der Waals surface area contributed by atoms with Crippen molar-refractivity contribution in [1.29, 1.82) is 0 Å². The highest BCUT2D eigenvalue weighted by Gasteiger charge is 2.27. The standard InChI is InChI=1S/C13H18FNS2/c1-9-13(17-7-6-16-9)12(15)8-10-2-4-11(14)5-3-10/h2-5,9,12-13H,6-8,15H2,1H3. The van der Waals surface area contributed by atoms with E-state index in [0.717, 1.165) is 12.0 Å². The third kappa shape index (κ3) is 3.63. The quantitative estimate of drug-likeness (QED) is 0.915. The largest absolute Gasteiger partial charge is 0.326 e. The number of hydrogen-bond donors (Lipinski definition) is 1. The predicted molar refractivity (Wildman–Crippen MR) is 76.2 cm³/mol. The second kappa shape index (κ2) is 6.12. The highest BCUT2D eigenvalue weighted by atomic mass is 32.2. The average Bonchev–Trinajstić information content (AvgIpc) is 2.32. The van der Waals surface area contributed by atoms with Crippen LogP contribution in [0.2, 0.25) is 0 Å². The Hall–Kier alpha value is -0.190. The molecule has 0 spiro atoms. The van der Waals surface area contributed by atoms with E-state index in [1.807, 2.05) is 35.7 Å². The van der Waals surface area contributed by atoms with Crippen molar-refractivity contribution in [2.75, 3.05) is 11.5 Å². The van der Waals surface area contributed by atoms with E-state index < -0.39 is 0 Å². The fourth-order valence-electron chi connectivity index (χ4n) is 2.13. The molecule has 4 heteroatoms. The predicted octanol–water partition coefficient (Wildman–Crippen LogP) is 2.93. The summed E-state index contributed by atoms with van der Waals surface area (Å²) in [5.74, 6) is 2.24. The molecule has 1 aliphatic heterocycles. The highest BCUT2D eigenvalue weighted by molar-refractivity contribution is 8.07. The van der Waals surface area contributed by atoms with Crippen molar-refractivity contribution in [2.45, 2.75) is 29.9 Å². The molecule has 0 aliphatic carbocycles. The van der Waals surface area contributed by atoms with Crippen molar-refractivity contribution in [3.05, 3.63) is 35.6 Å². The van der Waals surface area contributed by atoms with Crippen molar-refractivity contribution >= 4 is 23.5 Å². The lowest BCUT2D eigenvalue weighted by atomic mass is 10.0. The molecule has 0 amide bonds. The van der Waals surface area contributed by atoms with Gasteiger partial charge in [-0.25, -0.2) is 4.39 Å². The van der Waals surface area contributed by atoms with E-state index in [9.17, 15) is 4.39 Å². The Morgan fingerprint density at radius 3 is 2.59 bits per heavy atom. The Labute approximate surface area is 111 Å². The highest BCUT2D eigenvalue weighted by Crippen LogP contribution is 2.33. The van der Waals surface area contributed by atoms with E-state index in [1.54, 1.807) is 0 Å². The van der Waals surface area contributed by atoms with Gasteiger partial charge >= 0.3 is 0 Å². The lowest BCUT2D eigenvalue weighted by Gasteiger charge is -2.32. The van der Waals surface area contributed by atoms with Gasteiger partial charge < -0.3 is 5.73 Å². The van der Waals surface area contributed by atoms with Gasteiger partial charge in [0, 0.05) is 28.0 Å². The molecule has 1 aromatic carbocycles. The van der Waals surface area contributed by atoms with Crippen molar-refractivity contribution < 1.29 is 4.39 Å². The van der Waals surface area contributed by atoms with Gasteiger partial charge in [-0.1, -0.05) is 19.1 Å². The van der Waals surface area contributed by atoms with Crippen LogP contribution in [0.3, 0.4) is 0 Å². The molecule has 1 aromatic rings. The fraction of sp³-hybridized carbons (Fsp3) is 0.538. The van der Waals surface area contributed by atoms with Crippen molar-refractivity contribution in [1.82, 2.24) is 0 Å². The van der Waals surface area contributed by atoms with E-state index in [-0.39, 0.29) is 11.9 Å². The molecule has 2 N–H and O–H groups in total. The molecule has 3 unspecified atom stereocenters. The molecule has 1 fully saturated rings. The first kappa shape index (κ1) is 13.2. The molecule has 0 aromatic heterocycles. The molecule has 1 heterocycles. The maximum Gasteiger partial charge on any atom is 0.123 e. The average molecular weight is 271 g/mol. The molecule has 2 rings (SSSR count). The lowest BCUT2D eigenvalue weighted by Crippen LogP contribution is -2.42. The number of nitrogens with two attached hydrogens (primary N) is 1. The van der Waals surface area contributed by atoms with Gasteiger partial charge in [-0.3, -0.25) is 0 Å². The van der Waals surface area contributed by atoms with Crippen LogP contribution >= 0.6 is 23.5 Å². The summed E-state index contributed by atoms with van der Waals surface area (Å²) in [5, 5.41) is 1.13. The molecule has 0 saturated carbocycles. The van der Waals surface area contributed by atoms with E-state index in [4.69, 9.17) is 5.73 Å². The second-order valence-electron chi connectivity index (χ2n) is 4.41. The molecule has 0 bridgehead atoms. The minimum absolute atomic E-state index is 0.160. The van der Waals surface area contributed by atoms with E-state index >= 15 is 0 Å². The Morgan fingerprint density at radius 1 is 1.29 bits per heavy atom. The summed E-state index contributed by atoms with van der Waals surface area (Å²) < 4.78 is 12.8. The number of halogens is 1. The van der Waals surface area contributed by atoms with Crippen molar-refractivity contribution in [3.8, 4) is 0 Å². The number of hydrogen-bond acceptors (Lipinski definition) is 3. The molecular formula is C13H18FNS2. The first-order chi connectivity index (χ1) is 8.16. The van der Waals surface area contributed by atoms with Crippen molar-refractivity contribution in [2.24, 2.45) is 5.73 Å². The van der Waals surface area contributed by atoms with E-state index in [1.165, 1.54) is 23.6 Å². The summed E-state index contributed by atoms with van der Waals surface area (Å²) in [5.41, 5.74) is 7.41. The van der Waals surface area contributed by atoms with Crippen LogP contribution in [-0.4, -0.2) is 28.0 Å². The minimum atomic E-state index is -0.182. The summed E-state index contributed by atoms with van der Waals surface area (Å²) in [7, 11) is 0. The fourth-order valence-corrected chi connectivity index (χ4v) is 5.02. The summed E-state index contributed by atoms with van der Waals surface area (Å²) in [4.78, 5) is 0. The third-order valence-corrected chi connectivity index (χ3v) is 6.32. The summed E-state index contributed by atoms with van der Waals surface area (Å²) >= 11 is 3.99. The summed E-state index contributed by atoms with van der Waals surface area (Å²) in [6, 6.07) is 6.84. The van der Waals surface area contributed by atoms with E-state index in [0.29, 0.717) is 10.5 Å². The molecule has 17 heavy (non-hydrogen) atoms. The normalized spacial score (nSPS) is 26.8. The minimum Gasteiger partial charge on any atom is -0.326 e. The summed E-state index contributed by atoms with van der Waals surface area (Å²) in [6.07, 6.45) is 0.836. The van der Waals surface area contributed by atoms with Crippen LogP contribution in [0.15, 0.2) is 24.3 Å². The van der Waals surface area contributed by atoms with Crippen LogP contribution in [0.25, 0.3) is 0 Å². The number of thioether (sulfide) groups is 2. The Kier molecular flexibility index (Phi) is 4.77. The molecule has 3 atom stereocenters. The molecule has 0 radical (unpaired) electrons. The van der Waals surface area contributed by atoms with Crippen LogP contribution in [0, 0.1) is 5.82 Å². The Morgan fingerprint density at radius 2 is 1.94 bits per heavy atom. The van der Waals surface area contributed by atoms with Crippen LogP contribution in [0.4, 0.5) is 4.39 Å². The third-order valence-electron chi connectivity index (χ3n) is 3.04. The second-order valence-corrected chi connectivity index (χ2v) is 7.18. The Balaban J connectivity index is 1.95. The number of benzene rings is 1. The topological polar surface area (TPSA) is 26.0 Å². The van der Waals surface area contributed by atoms with Crippen molar-refractivity contribution in [3.63, 3.8) is 0 Å². The first-order valence-corrected chi connectivity index (χ1v) is 8.00. The van der Waals surface area contributed by atoms with Gasteiger partial charge in [-0.05, 0) is 24.1 Å². The SMILES string of the molecule is CC1SCCSC1C(N)Cc1ccc(F)cc1.